The number of nitrogen functional groups attached to an aromatic ring is 1. The number of nitrogens with one attached hydrogen (secondary N) is 2. The van der Waals surface area contributed by atoms with Crippen LogP contribution in [0.2, 0.25) is 0 Å². The van der Waals surface area contributed by atoms with E-state index in [1.54, 1.807) is 0 Å². The first-order valence-electron chi connectivity index (χ1n) is 17.7. The number of hydrogen-bond acceptors (Lipinski definition) is 2. The van der Waals surface area contributed by atoms with Crippen LogP contribution in [0, 0.1) is 5.41 Å². The summed E-state index contributed by atoms with van der Waals surface area (Å²) < 4.78 is 2.57. The highest BCUT2D eigenvalue weighted by atomic mass is 15.2. The summed E-state index contributed by atoms with van der Waals surface area (Å²) in [5, 5.41) is 13.5. The van der Waals surface area contributed by atoms with Crippen LogP contribution in [-0.2, 0) is 18.4 Å². The summed E-state index contributed by atoms with van der Waals surface area (Å²) in [6.45, 7) is 0.959. The molecule has 8 aromatic rings. The molecule has 1 unspecified atom stereocenters. The first kappa shape index (κ1) is 29.7. The minimum atomic E-state index is -0.120. The van der Waals surface area contributed by atoms with Gasteiger partial charge in [0.2, 0.25) is 0 Å². The molecule has 3 aliphatic rings. The Morgan fingerprint density at radius 3 is 1.84 bits per heavy atom. The molecule has 1 aliphatic heterocycles. The van der Waals surface area contributed by atoms with Crippen LogP contribution >= 0.6 is 0 Å². The minimum absolute atomic E-state index is 0.120. The lowest BCUT2D eigenvalue weighted by atomic mass is 9.90. The molecule has 0 bridgehead atoms. The first-order valence-corrected chi connectivity index (χ1v) is 17.7. The lowest BCUT2D eigenvalue weighted by Gasteiger charge is -2.18. The number of aromatic nitrogens is 1. The number of fused-ring (bicyclic) bond motifs is 12. The van der Waals surface area contributed by atoms with Crippen molar-refractivity contribution in [2.45, 2.75) is 18.4 Å². The Morgan fingerprint density at radius 2 is 1.18 bits per heavy atom. The Kier molecular flexibility index (Phi) is 6.64. The maximum atomic E-state index is 7.01. The van der Waals surface area contributed by atoms with Gasteiger partial charge in [-0.25, -0.2) is 0 Å². The number of rotatable bonds is 4. The highest BCUT2D eigenvalue weighted by Gasteiger charge is 2.45. The van der Waals surface area contributed by atoms with Gasteiger partial charge in [-0.15, -0.1) is 0 Å². The van der Waals surface area contributed by atoms with Gasteiger partial charge in [0.15, 0.2) is 0 Å². The molecular formula is C47H36N4. The number of hydrogen-bond donors (Lipinski definition) is 3. The smallest absolute Gasteiger partial charge is 0.122 e. The van der Waals surface area contributed by atoms with E-state index in [1.807, 2.05) is 30.3 Å². The third kappa shape index (κ3) is 4.53. The summed E-state index contributed by atoms with van der Waals surface area (Å²) >= 11 is 0. The maximum absolute atomic E-state index is 7.01. The summed E-state index contributed by atoms with van der Waals surface area (Å²) in [6.07, 6.45) is 2.01. The summed E-state index contributed by atoms with van der Waals surface area (Å²) in [5.41, 5.74) is 23.9. The van der Waals surface area contributed by atoms with Gasteiger partial charge in [-0.2, -0.15) is 0 Å². The van der Waals surface area contributed by atoms with Crippen molar-refractivity contribution in [3.63, 3.8) is 0 Å². The van der Waals surface area contributed by atoms with Gasteiger partial charge >= 0.3 is 0 Å². The van der Waals surface area contributed by atoms with Crippen molar-refractivity contribution >= 4 is 27.6 Å². The Hall–Kier alpha value is -6.23. The third-order valence-corrected chi connectivity index (χ3v) is 11.1. The van der Waals surface area contributed by atoms with Gasteiger partial charge in [0.25, 0.3) is 0 Å². The fourth-order valence-electron chi connectivity index (χ4n) is 8.70. The fraction of sp³-hybridized carbons (Fsp3) is 0.0851. The van der Waals surface area contributed by atoms with E-state index in [0.717, 1.165) is 24.9 Å². The molecular weight excluding hydrogens is 621 g/mol. The average Bonchev–Trinajstić information content (AvgIpc) is 3.62. The normalized spacial score (nSPS) is 16.2. The average molecular weight is 657 g/mol. The van der Waals surface area contributed by atoms with Crippen LogP contribution in [0.25, 0.3) is 49.7 Å². The van der Waals surface area contributed by atoms with E-state index in [0.29, 0.717) is 0 Å². The predicted octanol–water partition coefficient (Wildman–Crippen LogP) is 9.74. The van der Waals surface area contributed by atoms with Crippen molar-refractivity contribution in [1.29, 1.82) is 5.41 Å². The molecule has 11 rings (SSSR count). The molecule has 1 saturated heterocycles. The molecule has 0 radical (unpaired) electrons. The van der Waals surface area contributed by atoms with E-state index in [2.05, 4.69) is 137 Å². The molecule has 7 aromatic carbocycles. The van der Waals surface area contributed by atoms with Gasteiger partial charge < -0.3 is 15.6 Å². The van der Waals surface area contributed by atoms with E-state index >= 15 is 0 Å². The van der Waals surface area contributed by atoms with E-state index < -0.39 is 0 Å². The largest absolute Gasteiger partial charge is 0.384 e. The van der Waals surface area contributed by atoms with Crippen LogP contribution in [0.4, 0.5) is 0 Å². The molecule has 4 heteroatoms. The number of nitrogens with two attached hydrogens (primary N) is 1. The van der Waals surface area contributed by atoms with Crippen LogP contribution in [0.15, 0.2) is 158 Å². The SMILES string of the molecule is N=C(N)c1ccccc1.c1ccc(C2(c3cccc(-n4c5ccccc5c5c6c(c7c(c54)-c4ccccc4C7)Cc4ccccc4-6)c3)CN2)cc1. The minimum Gasteiger partial charge on any atom is -0.384 e. The molecule has 4 N–H and O–H groups in total. The molecule has 0 saturated carbocycles. The van der Waals surface area contributed by atoms with E-state index in [1.165, 1.54) is 83.1 Å². The molecule has 51 heavy (non-hydrogen) atoms. The van der Waals surface area contributed by atoms with E-state index in [9.17, 15) is 0 Å². The van der Waals surface area contributed by atoms with Gasteiger partial charge in [0, 0.05) is 34.1 Å². The molecule has 2 heterocycles. The first-order chi connectivity index (χ1) is 25.1. The van der Waals surface area contributed by atoms with Crippen molar-refractivity contribution < 1.29 is 0 Å². The molecule has 244 valence electrons. The number of para-hydroxylation sites is 1. The van der Waals surface area contributed by atoms with Gasteiger partial charge in [-0.1, -0.05) is 140 Å². The van der Waals surface area contributed by atoms with Crippen LogP contribution in [0.3, 0.4) is 0 Å². The Morgan fingerprint density at radius 1 is 0.608 bits per heavy atom. The van der Waals surface area contributed by atoms with Crippen molar-refractivity contribution in [3.8, 4) is 27.9 Å². The van der Waals surface area contributed by atoms with Crippen molar-refractivity contribution in [1.82, 2.24) is 9.88 Å². The third-order valence-electron chi connectivity index (χ3n) is 11.1. The lowest BCUT2D eigenvalue weighted by molar-refractivity contribution is 0.819. The van der Waals surface area contributed by atoms with Crippen molar-refractivity contribution in [2.24, 2.45) is 5.73 Å². The summed E-state index contributed by atoms with van der Waals surface area (Å²) in [4.78, 5) is 0. The highest BCUT2D eigenvalue weighted by Crippen LogP contribution is 2.54. The molecule has 4 nitrogen and oxygen atoms in total. The maximum Gasteiger partial charge on any atom is 0.122 e. The van der Waals surface area contributed by atoms with Crippen LogP contribution in [0.1, 0.15) is 38.9 Å². The highest BCUT2D eigenvalue weighted by molar-refractivity contribution is 6.22. The zero-order chi connectivity index (χ0) is 34.1. The Bertz CT molecular complexity index is 2660. The number of nitrogens with zero attached hydrogens (tertiary/aromatic N) is 1. The molecule has 2 aliphatic carbocycles. The molecule has 1 atom stereocenters. The van der Waals surface area contributed by atoms with E-state index in [4.69, 9.17) is 11.1 Å². The number of benzene rings is 7. The van der Waals surface area contributed by atoms with Crippen molar-refractivity contribution in [3.05, 3.63) is 197 Å². The fourth-order valence-corrected chi connectivity index (χ4v) is 8.70. The standard InChI is InChI=1S/C40H28N2.C7H8N2/c1-2-13-27(14-3-1)40(24-41-40)28-15-10-16-29(23-28)42-35-20-9-8-19-32(35)38-36-30-17-6-4-11-25(30)21-33(36)34-22-26-12-5-7-18-31(26)37(34)39(38)42;8-7(9)6-4-2-1-3-5-6/h1-20,23,41H,21-22,24H2;1-5H,(H3,8,9). The Balaban J connectivity index is 0.000000321. The zero-order valence-corrected chi connectivity index (χ0v) is 28.2. The molecule has 0 spiro atoms. The monoisotopic (exact) mass is 656 g/mol. The van der Waals surface area contributed by atoms with Gasteiger partial charge in [-0.3, -0.25) is 5.41 Å². The molecule has 0 amide bonds. The second-order valence-electron chi connectivity index (χ2n) is 13.9. The van der Waals surface area contributed by atoms with Crippen LogP contribution < -0.4 is 11.1 Å². The zero-order valence-electron chi connectivity index (χ0n) is 28.2. The topological polar surface area (TPSA) is 76.7 Å². The summed E-state index contributed by atoms with van der Waals surface area (Å²) in [5.74, 6) is 0.121. The number of amidine groups is 1. The van der Waals surface area contributed by atoms with Crippen LogP contribution in [0.5, 0.6) is 0 Å². The lowest BCUT2D eigenvalue weighted by Crippen LogP contribution is -2.15. The van der Waals surface area contributed by atoms with Crippen LogP contribution in [-0.4, -0.2) is 16.9 Å². The predicted molar refractivity (Wildman–Crippen MR) is 210 cm³/mol. The Labute approximate surface area is 297 Å². The molecule has 1 aromatic heterocycles. The second-order valence-corrected chi connectivity index (χ2v) is 13.9. The quantitative estimate of drug-likeness (QED) is 0.100. The van der Waals surface area contributed by atoms with E-state index in [-0.39, 0.29) is 11.4 Å². The summed E-state index contributed by atoms with van der Waals surface area (Å²) in [7, 11) is 0. The van der Waals surface area contributed by atoms with Gasteiger partial charge in [-0.05, 0) is 81.1 Å². The van der Waals surface area contributed by atoms with Crippen molar-refractivity contribution in [2.75, 3.05) is 6.54 Å². The van der Waals surface area contributed by atoms with Gasteiger partial charge in [0.1, 0.15) is 5.84 Å². The molecule has 1 fully saturated rings. The van der Waals surface area contributed by atoms with Gasteiger partial charge in [0.05, 0.1) is 16.6 Å². The second kappa shape index (κ2) is 11.4. The summed E-state index contributed by atoms with van der Waals surface area (Å²) in [6, 6.07) is 56.5.